The average molecular weight is 371 g/mol. The highest BCUT2D eigenvalue weighted by molar-refractivity contribution is 9.10. The zero-order valence-electron chi connectivity index (χ0n) is 11.0. The Hall–Kier alpha value is -0.570. The van der Waals surface area contributed by atoms with Crippen LogP contribution >= 0.6 is 15.9 Å². The van der Waals surface area contributed by atoms with E-state index in [1.807, 2.05) is 0 Å². The predicted octanol–water partition coefficient (Wildman–Crippen LogP) is 2.45. The average Bonchev–Trinajstić information content (AvgIpc) is 2.42. The van der Waals surface area contributed by atoms with Gasteiger partial charge in [0, 0.05) is 11.8 Å². The lowest BCUT2D eigenvalue weighted by Gasteiger charge is -2.18. The molecule has 0 saturated heterocycles. The Morgan fingerprint density at radius 3 is 2.60 bits per heavy atom. The molecule has 1 unspecified atom stereocenters. The molecular weight excluding hydrogens is 354 g/mol. The van der Waals surface area contributed by atoms with Crippen LogP contribution in [0.25, 0.3) is 0 Å². The number of benzene rings is 1. The van der Waals surface area contributed by atoms with Crippen molar-refractivity contribution in [2.45, 2.75) is 25.8 Å². The number of nitrogens with two attached hydrogens (primary N) is 1. The molecule has 0 heterocycles. The van der Waals surface area contributed by atoms with E-state index in [0.29, 0.717) is 18.4 Å². The minimum atomic E-state index is -3.04. The zero-order chi connectivity index (χ0) is 15.3. The lowest BCUT2D eigenvalue weighted by molar-refractivity contribution is 0.479. The third kappa shape index (κ3) is 4.47. The maximum atomic E-state index is 13.5. The van der Waals surface area contributed by atoms with E-state index in [1.165, 1.54) is 6.07 Å². The van der Waals surface area contributed by atoms with Crippen LogP contribution in [0, 0.1) is 11.6 Å². The Balaban J connectivity index is 2.80. The van der Waals surface area contributed by atoms with Gasteiger partial charge in [0.05, 0.1) is 10.2 Å². The summed E-state index contributed by atoms with van der Waals surface area (Å²) in [7, 11) is -3.04. The van der Waals surface area contributed by atoms with Gasteiger partial charge in [-0.25, -0.2) is 17.2 Å². The molecule has 0 aliphatic heterocycles. The molecule has 0 radical (unpaired) electrons. The Bertz CT molecular complexity index is 567. The van der Waals surface area contributed by atoms with Crippen molar-refractivity contribution >= 4 is 25.8 Å². The smallest absolute Gasteiger partial charge is 0.173 e. The largest absolute Gasteiger partial charge is 0.271 e. The van der Waals surface area contributed by atoms with Crippen LogP contribution in [-0.4, -0.2) is 19.9 Å². The van der Waals surface area contributed by atoms with Gasteiger partial charge in [0.1, 0.15) is 9.84 Å². The molecule has 0 aliphatic rings. The molecule has 0 saturated carbocycles. The number of rotatable bonds is 7. The van der Waals surface area contributed by atoms with Crippen molar-refractivity contribution in [3.05, 3.63) is 33.8 Å². The fourth-order valence-corrected chi connectivity index (χ4v) is 3.28. The Morgan fingerprint density at radius 2 is 2.05 bits per heavy atom. The fourth-order valence-electron chi connectivity index (χ4n) is 1.79. The van der Waals surface area contributed by atoms with Crippen LogP contribution in [0.5, 0.6) is 0 Å². The molecule has 8 heteroatoms. The molecule has 4 nitrogen and oxygen atoms in total. The molecule has 0 fully saturated rings. The van der Waals surface area contributed by atoms with Gasteiger partial charge in [-0.15, -0.1) is 0 Å². The quantitative estimate of drug-likeness (QED) is 0.439. The number of nitrogens with one attached hydrogen (secondary N) is 1. The molecule has 20 heavy (non-hydrogen) atoms. The maximum absolute atomic E-state index is 13.5. The standard InChI is InChI=1S/C12H17BrF2N2O2S/c1-2-20(18,19)7-3-4-10(17-16)8-5-6-9(14)12(15)11(8)13/h5-6,10,17H,2-4,7,16H2,1H3. The summed E-state index contributed by atoms with van der Waals surface area (Å²) in [5.74, 6) is 3.60. The number of sulfone groups is 1. The van der Waals surface area contributed by atoms with E-state index in [1.54, 1.807) is 6.92 Å². The van der Waals surface area contributed by atoms with E-state index >= 15 is 0 Å². The maximum Gasteiger partial charge on any atom is 0.173 e. The summed E-state index contributed by atoms with van der Waals surface area (Å²) >= 11 is 2.99. The molecule has 0 spiro atoms. The van der Waals surface area contributed by atoms with Crippen molar-refractivity contribution < 1.29 is 17.2 Å². The first-order valence-corrected chi connectivity index (χ1v) is 8.73. The molecule has 1 aromatic rings. The minimum absolute atomic E-state index is 0.00111. The topological polar surface area (TPSA) is 72.2 Å². The monoisotopic (exact) mass is 370 g/mol. The molecule has 1 atom stereocenters. The van der Waals surface area contributed by atoms with E-state index in [2.05, 4.69) is 21.4 Å². The van der Waals surface area contributed by atoms with Crippen LogP contribution in [-0.2, 0) is 9.84 Å². The first-order valence-electron chi connectivity index (χ1n) is 6.12. The summed E-state index contributed by atoms with van der Waals surface area (Å²) < 4.78 is 49.3. The van der Waals surface area contributed by atoms with Gasteiger partial charge in [0.15, 0.2) is 11.6 Å². The fraction of sp³-hybridized carbons (Fsp3) is 0.500. The molecule has 0 amide bonds. The number of halogens is 3. The van der Waals surface area contributed by atoms with Crippen LogP contribution in [0.15, 0.2) is 16.6 Å². The van der Waals surface area contributed by atoms with E-state index in [-0.39, 0.29) is 16.0 Å². The zero-order valence-corrected chi connectivity index (χ0v) is 13.4. The molecule has 3 N–H and O–H groups in total. The van der Waals surface area contributed by atoms with Crippen molar-refractivity contribution in [3.8, 4) is 0 Å². The van der Waals surface area contributed by atoms with E-state index in [4.69, 9.17) is 5.84 Å². The lowest BCUT2D eigenvalue weighted by Crippen LogP contribution is -2.29. The van der Waals surface area contributed by atoms with E-state index < -0.39 is 27.5 Å². The third-order valence-corrected chi connectivity index (χ3v) is 5.63. The summed E-state index contributed by atoms with van der Waals surface area (Å²) in [6, 6.07) is 1.98. The molecule has 1 rings (SSSR count). The van der Waals surface area contributed by atoms with Gasteiger partial charge >= 0.3 is 0 Å². The molecule has 1 aromatic carbocycles. The van der Waals surface area contributed by atoms with Gasteiger partial charge in [-0.05, 0) is 40.4 Å². The normalized spacial score (nSPS) is 13.4. The van der Waals surface area contributed by atoms with Crippen LogP contribution in [0.3, 0.4) is 0 Å². The Kier molecular flexibility index (Phi) is 6.50. The van der Waals surface area contributed by atoms with Gasteiger partial charge < -0.3 is 0 Å². The van der Waals surface area contributed by atoms with Crippen molar-refractivity contribution in [1.82, 2.24) is 5.43 Å². The van der Waals surface area contributed by atoms with Crippen molar-refractivity contribution in [2.75, 3.05) is 11.5 Å². The van der Waals surface area contributed by atoms with Gasteiger partial charge in [-0.2, -0.15) is 0 Å². The molecule has 114 valence electrons. The summed E-state index contributed by atoms with van der Waals surface area (Å²) in [4.78, 5) is 0. The number of hydrogen-bond donors (Lipinski definition) is 2. The second-order valence-corrected chi connectivity index (χ2v) is 7.63. The van der Waals surface area contributed by atoms with Gasteiger partial charge in [-0.3, -0.25) is 11.3 Å². The highest BCUT2D eigenvalue weighted by Crippen LogP contribution is 2.29. The summed E-state index contributed by atoms with van der Waals surface area (Å²) in [6.45, 7) is 1.58. The molecular formula is C12H17BrF2N2O2S. The lowest BCUT2D eigenvalue weighted by atomic mass is 10.0. The summed E-state index contributed by atoms with van der Waals surface area (Å²) in [5.41, 5.74) is 2.95. The molecule has 0 bridgehead atoms. The van der Waals surface area contributed by atoms with Crippen LogP contribution < -0.4 is 11.3 Å². The van der Waals surface area contributed by atoms with Crippen molar-refractivity contribution in [2.24, 2.45) is 5.84 Å². The van der Waals surface area contributed by atoms with Crippen LogP contribution in [0.4, 0.5) is 8.78 Å². The van der Waals surface area contributed by atoms with Crippen LogP contribution in [0.1, 0.15) is 31.4 Å². The van der Waals surface area contributed by atoms with Crippen LogP contribution in [0.2, 0.25) is 0 Å². The summed E-state index contributed by atoms with van der Waals surface area (Å²) in [6.07, 6.45) is 0.788. The molecule has 0 aromatic heterocycles. The Morgan fingerprint density at radius 1 is 1.40 bits per heavy atom. The Labute approximate surface area is 125 Å². The predicted molar refractivity (Wildman–Crippen MR) is 77.7 cm³/mol. The first kappa shape index (κ1) is 17.5. The van der Waals surface area contributed by atoms with E-state index in [0.717, 1.165) is 6.07 Å². The van der Waals surface area contributed by atoms with E-state index in [9.17, 15) is 17.2 Å². The second kappa shape index (κ2) is 7.44. The number of hydrogen-bond acceptors (Lipinski definition) is 4. The number of hydrazine groups is 1. The highest BCUT2D eigenvalue weighted by Gasteiger charge is 2.19. The highest BCUT2D eigenvalue weighted by atomic mass is 79.9. The second-order valence-electron chi connectivity index (χ2n) is 4.36. The van der Waals surface area contributed by atoms with Crippen molar-refractivity contribution in [1.29, 1.82) is 0 Å². The third-order valence-electron chi connectivity index (χ3n) is 3.03. The first-order chi connectivity index (χ1) is 9.32. The summed E-state index contributed by atoms with van der Waals surface area (Å²) in [5, 5.41) is 0. The van der Waals surface area contributed by atoms with Gasteiger partial charge in [0.25, 0.3) is 0 Å². The van der Waals surface area contributed by atoms with Crippen molar-refractivity contribution in [3.63, 3.8) is 0 Å². The minimum Gasteiger partial charge on any atom is -0.271 e. The van der Waals surface area contributed by atoms with Gasteiger partial charge in [-0.1, -0.05) is 13.0 Å². The van der Waals surface area contributed by atoms with Gasteiger partial charge in [0.2, 0.25) is 0 Å². The SMILES string of the molecule is CCS(=O)(=O)CCCC(NN)c1ccc(F)c(F)c1Br. The molecule has 0 aliphatic carbocycles.